The van der Waals surface area contributed by atoms with Gasteiger partial charge in [0.05, 0.1) is 44.5 Å². The van der Waals surface area contributed by atoms with Crippen LogP contribution in [0.4, 0.5) is 0 Å². The van der Waals surface area contributed by atoms with E-state index < -0.39 is 36.6 Å². The molecule has 0 spiro atoms. The van der Waals surface area contributed by atoms with Crippen LogP contribution < -0.4 is 10.9 Å². The van der Waals surface area contributed by atoms with Crippen LogP contribution >= 0.6 is 0 Å². The molecule has 0 bridgehead atoms. The number of hydrogen-bond acceptors (Lipinski definition) is 4. The second-order valence-electron chi connectivity index (χ2n) is 23.2. The topological polar surface area (TPSA) is 46.8 Å². The lowest BCUT2D eigenvalue weighted by Gasteiger charge is -2.32. The van der Waals surface area contributed by atoms with E-state index >= 15 is 0 Å². The van der Waals surface area contributed by atoms with Gasteiger partial charge in [0.15, 0.2) is 0 Å². The maximum absolute atomic E-state index is 6.75. The van der Waals surface area contributed by atoms with Crippen LogP contribution in [-0.4, -0.2) is 45.8 Å². The third-order valence-corrected chi connectivity index (χ3v) is 16.7. The molecule has 2 atom stereocenters. The van der Waals surface area contributed by atoms with Crippen LogP contribution in [-0.2, 0) is 31.7 Å². The number of rotatable bonds is 30. The fourth-order valence-corrected chi connectivity index (χ4v) is 10.9. The smallest absolute Gasteiger partial charge is 0.399 e. The van der Waals surface area contributed by atoms with Crippen LogP contribution in [0.1, 0.15) is 237 Å². The summed E-state index contributed by atoms with van der Waals surface area (Å²) >= 11 is 0. The zero-order valence-corrected chi connectivity index (χ0v) is 44.7. The van der Waals surface area contributed by atoms with Crippen molar-refractivity contribution in [2.75, 3.05) is 0 Å². The van der Waals surface area contributed by atoms with Crippen molar-refractivity contribution in [3.63, 3.8) is 0 Å². The first-order valence-electron chi connectivity index (χ1n) is 27.9. The van der Waals surface area contributed by atoms with Gasteiger partial charge < -0.3 is 27.8 Å². The van der Waals surface area contributed by atoms with E-state index in [2.05, 4.69) is 129 Å². The Hall–Kier alpha value is -2.25. The van der Waals surface area contributed by atoms with Crippen LogP contribution in [0.15, 0.2) is 36.4 Å². The number of nitrogens with zero attached hydrogens (tertiary/aromatic N) is 2. The van der Waals surface area contributed by atoms with Gasteiger partial charge in [-0.2, -0.15) is 0 Å². The number of fused-ring (bicyclic) bond motifs is 5. The Morgan fingerprint density at radius 3 is 0.970 bits per heavy atom. The molecule has 2 aromatic heterocycles. The lowest BCUT2D eigenvalue weighted by Crippen LogP contribution is -2.41. The van der Waals surface area contributed by atoms with Gasteiger partial charge in [-0.1, -0.05) is 180 Å². The van der Waals surface area contributed by atoms with Crippen molar-refractivity contribution in [1.29, 1.82) is 0 Å². The van der Waals surface area contributed by atoms with Crippen LogP contribution in [0.5, 0.6) is 0 Å². The van der Waals surface area contributed by atoms with E-state index in [1.54, 1.807) is 0 Å². The number of hydrogen-bond donors (Lipinski definition) is 0. The lowest BCUT2D eigenvalue weighted by molar-refractivity contribution is 0.00578. The molecule has 0 saturated carbocycles. The summed E-state index contributed by atoms with van der Waals surface area (Å²) in [7, 11) is -0.803. The minimum Gasteiger partial charge on any atom is -0.399 e. The van der Waals surface area contributed by atoms with E-state index in [9.17, 15) is 0 Å². The van der Waals surface area contributed by atoms with Crippen LogP contribution in [0, 0.1) is 11.8 Å². The average molecular weight is 907 g/mol. The Morgan fingerprint density at radius 2 is 0.667 bits per heavy atom. The van der Waals surface area contributed by atoms with Gasteiger partial charge in [-0.15, -0.1) is 0 Å². The van der Waals surface area contributed by atoms with Gasteiger partial charge in [-0.05, 0) is 116 Å². The summed E-state index contributed by atoms with van der Waals surface area (Å²) in [5.41, 5.74) is 6.10. The number of unbranched alkanes of at least 4 members (excludes halogenated alkanes) is 16. The standard InChI is InChI=1S/C58H96B2N2O4/c1-13-17-21-25-27-31-35-45(33-29-23-19-15-3)43-61-51-41-47(59-63-55(5,6)56(7,8)64-59)37-39-49(51)54-53(61)50-40-38-48(60-65-57(9,10)58(11,12)66-60)42-52(50)62(54)44-46(34-30-24-20-16-4)36-32-28-26-22-18-14-2/h37-42,45-46H,13-36,43-44H2,1-12H3. The van der Waals surface area contributed by atoms with Crippen molar-refractivity contribution in [1.82, 2.24) is 9.13 Å². The maximum atomic E-state index is 6.75. The van der Waals surface area contributed by atoms with Gasteiger partial charge in [0.2, 0.25) is 0 Å². The lowest BCUT2D eigenvalue weighted by atomic mass is 9.78. The molecule has 2 saturated heterocycles. The normalized spacial score (nSPS) is 18.7. The van der Waals surface area contributed by atoms with Crippen molar-refractivity contribution < 1.29 is 18.6 Å². The number of aromatic nitrogens is 2. The molecule has 0 N–H and O–H groups in total. The average Bonchev–Trinajstić information content (AvgIpc) is 3.91. The van der Waals surface area contributed by atoms with Gasteiger partial charge in [0.1, 0.15) is 0 Å². The molecular formula is C58H96B2N2O4. The summed E-state index contributed by atoms with van der Waals surface area (Å²) < 4.78 is 32.5. The molecule has 4 aromatic rings. The van der Waals surface area contributed by atoms with Gasteiger partial charge in [0.25, 0.3) is 0 Å². The molecular weight excluding hydrogens is 810 g/mol. The zero-order chi connectivity index (χ0) is 47.5. The van der Waals surface area contributed by atoms with E-state index in [0.29, 0.717) is 11.8 Å². The van der Waals surface area contributed by atoms with E-state index in [0.717, 1.165) is 24.0 Å². The Kier molecular flexibility index (Phi) is 19.3. The molecule has 2 aliphatic heterocycles. The minimum atomic E-state index is -0.402. The molecule has 0 amide bonds. The van der Waals surface area contributed by atoms with Crippen LogP contribution in [0.2, 0.25) is 0 Å². The van der Waals surface area contributed by atoms with Crippen molar-refractivity contribution in [3.05, 3.63) is 36.4 Å². The summed E-state index contributed by atoms with van der Waals surface area (Å²) in [5.74, 6) is 1.24. The molecule has 2 unspecified atom stereocenters. The summed E-state index contributed by atoms with van der Waals surface area (Å²) in [5, 5.41) is 2.71. The summed E-state index contributed by atoms with van der Waals surface area (Å²) in [6.45, 7) is 28.8. The fourth-order valence-electron chi connectivity index (χ4n) is 10.9. The Morgan fingerprint density at radius 1 is 0.394 bits per heavy atom. The largest absolute Gasteiger partial charge is 0.494 e. The Balaban J connectivity index is 1.51. The second kappa shape index (κ2) is 24.0. The summed E-state index contributed by atoms with van der Waals surface area (Å²) in [6.07, 6.45) is 31.8. The van der Waals surface area contributed by atoms with Gasteiger partial charge in [-0.3, -0.25) is 0 Å². The quantitative estimate of drug-likeness (QED) is 0.0386. The molecule has 0 radical (unpaired) electrons. The third kappa shape index (κ3) is 12.7. The molecule has 2 aromatic carbocycles. The predicted molar refractivity (Wildman–Crippen MR) is 287 cm³/mol. The zero-order valence-electron chi connectivity index (χ0n) is 44.7. The molecule has 2 fully saturated rings. The van der Waals surface area contributed by atoms with Crippen molar-refractivity contribution in [2.45, 2.75) is 273 Å². The van der Waals surface area contributed by atoms with Crippen LogP contribution in [0.25, 0.3) is 32.8 Å². The molecule has 0 aliphatic carbocycles. The second-order valence-corrected chi connectivity index (χ2v) is 23.2. The molecule has 6 rings (SSSR count). The SMILES string of the molecule is CCCCCCCCC(CCCCCC)Cn1c2cc(B3OC(C)(C)C(C)(C)O3)ccc2c2c1c1ccc(B3OC(C)(C)C(C)(C)O3)cc1n2CC(CCCCCC)CCCCCCCC. The van der Waals surface area contributed by atoms with E-state index in [-0.39, 0.29) is 0 Å². The molecule has 4 heterocycles. The molecule has 8 heteroatoms. The Labute approximate surface area is 405 Å². The van der Waals surface area contributed by atoms with Crippen LogP contribution in [0.3, 0.4) is 0 Å². The third-order valence-electron chi connectivity index (χ3n) is 16.7. The maximum Gasteiger partial charge on any atom is 0.494 e. The first-order chi connectivity index (χ1) is 31.6. The van der Waals surface area contributed by atoms with Crippen molar-refractivity contribution >= 4 is 58.0 Å². The van der Waals surface area contributed by atoms with E-state index in [4.69, 9.17) is 18.6 Å². The van der Waals surface area contributed by atoms with Crippen molar-refractivity contribution in [3.8, 4) is 0 Å². The first kappa shape index (κ1) is 53.1. The highest BCUT2D eigenvalue weighted by Crippen LogP contribution is 2.42. The summed E-state index contributed by atoms with van der Waals surface area (Å²) in [6, 6.07) is 14.4. The Bertz CT molecular complexity index is 1920. The predicted octanol–water partition coefficient (Wildman–Crippen LogP) is 16.0. The molecule has 6 nitrogen and oxygen atoms in total. The molecule has 66 heavy (non-hydrogen) atoms. The minimum absolute atomic E-state index is 0.399. The molecule has 2 aliphatic rings. The van der Waals surface area contributed by atoms with Gasteiger partial charge in [0, 0.05) is 23.9 Å². The highest BCUT2D eigenvalue weighted by Gasteiger charge is 2.53. The first-order valence-corrected chi connectivity index (χ1v) is 27.9. The van der Waals surface area contributed by atoms with Crippen molar-refractivity contribution in [2.24, 2.45) is 11.8 Å². The monoisotopic (exact) mass is 907 g/mol. The number of benzene rings is 2. The van der Waals surface area contributed by atoms with Gasteiger partial charge >= 0.3 is 14.2 Å². The van der Waals surface area contributed by atoms with E-state index in [1.807, 2.05) is 0 Å². The summed E-state index contributed by atoms with van der Waals surface area (Å²) in [4.78, 5) is 0. The highest BCUT2D eigenvalue weighted by atomic mass is 16.7. The van der Waals surface area contributed by atoms with Gasteiger partial charge in [-0.25, -0.2) is 0 Å². The molecule has 368 valence electrons. The van der Waals surface area contributed by atoms with E-state index in [1.165, 1.54) is 187 Å². The highest BCUT2D eigenvalue weighted by molar-refractivity contribution is 6.63. The fraction of sp³-hybridized carbons (Fsp3) is 0.759.